The first-order valence-corrected chi connectivity index (χ1v) is 6.71. The lowest BCUT2D eigenvalue weighted by Gasteiger charge is -2.29. The van der Waals surface area contributed by atoms with Gasteiger partial charge in [0.15, 0.2) is 0 Å². The van der Waals surface area contributed by atoms with E-state index >= 15 is 0 Å². The molecule has 0 aromatic heterocycles. The highest BCUT2D eigenvalue weighted by Gasteiger charge is 2.22. The van der Waals surface area contributed by atoms with Crippen molar-refractivity contribution in [3.8, 4) is 5.75 Å². The largest absolute Gasteiger partial charge is 0.868 e. The third kappa shape index (κ3) is 3.42. The van der Waals surface area contributed by atoms with Crippen LogP contribution in [-0.2, 0) is 6.54 Å². The van der Waals surface area contributed by atoms with Gasteiger partial charge in [-0.05, 0) is 12.7 Å². The van der Waals surface area contributed by atoms with Gasteiger partial charge in [-0.1, -0.05) is 12.1 Å². The van der Waals surface area contributed by atoms with Crippen molar-refractivity contribution in [1.29, 1.82) is 0 Å². The van der Waals surface area contributed by atoms with E-state index in [1.54, 1.807) is 11.0 Å². The molecule has 2 N–H and O–H groups in total. The minimum atomic E-state index is -0.597. The molecule has 104 valence electrons. The summed E-state index contributed by atoms with van der Waals surface area (Å²) >= 11 is 0. The van der Waals surface area contributed by atoms with Gasteiger partial charge in [0.1, 0.15) is 32.7 Å². The van der Waals surface area contributed by atoms with Crippen LogP contribution in [0.15, 0.2) is 18.2 Å². The SMILES string of the molecule is CC[NH+]1CC[NH+](Cc2ccc([O-])c([N+](=O)[O-])c2)CC1. The maximum Gasteiger partial charge on any atom is 0.262 e. The molecule has 0 aliphatic carbocycles. The zero-order valence-corrected chi connectivity index (χ0v) is 11.1. The highest BCUT2D eigenvalue weighted by molar-refractivity contribution is 5.46. The second-order valence-corrected chi connectivity index (χ2v) is 5.09. The Bertz CT molecular complexity index is 456. The predicted octanol–water partition coefficient (Wildman–Crippen LogP) is -2.03. The number of hydrogen-bond acceptors (Lipinski definition) is 3. The molecule has 19 heavy (non-hydrogen) atoms. The standard InChI is InChI=1S/C13H19N3O3/c1-2-14-5-7-15(8-6-14)10-11-3-4-13(17)12(9-11)16(18)19/h3-4,9,17H,2,5-8,10H2,1H3/p+1. The van der Waals surface area contributed by atoms with Gasteiger partial charge in [-0.3, -0.25) is 10.1 Å². The average molecular weight is 266 g/mol. The molecule has 1 aromatic carbocycles. The Kier molecular flexibility index (Phi) is 4.34. The molecule has 1 aliphatic heterocycles. The molecule has 6 nitrogen and oxygen atoms in total. The van der Waals surface area contributed by atoms with E-state index < -0.39 is 10.7 Å². The highest BCUT2D eigenvalue weighted by Crippen LogP contribution is 2.23. The van der Waals surface area contributed by atoms with Crippen molar-refractivity contribution in [2.75, 3.05) is 32.7 Å². The van der Waals surface area contributed by atoms with E-state index in [9.17, 15) is 15.2 Å². The van der Waals surface area contributed by atoms with Crippen LogP contribution in [0, 0.1) is 10.1 Å². The van der Waals surface area contributed by atoms with Crippen LogP contribution in [0.3, 0.4) is 0 Å². The highest BCUT2D eigenvalue weighted by atomic mass is 16.6. The number of hydrogen-bond donors (Lipinski definition) is 2. The van der Waals surface area contributed by atoms with Gasteiger partial charge in [-0.25, -0.2) is 0 Å². The summed E-state index contributed by atoms with van der Waals surface area (Å²) in [7, 11) is 0. The van der Waals surface area contributed by atoms with Crippen molar-refractivity contribution in [1.82, 2.24) is 0 Å². The summed E-state index contributed by atoms with van der Waals surface area (Å²) in [5.41, 5.74) is 0.566. The summed E-state index contributed by atoms with van der Waals surface area (Å²) in [6.07, 6.45) is 0. The number of likely N-dealkylation sites (N-methyl/N-ethyl adjacent to an activating group) is 1. The molecule has 1 aromatic rings. The van der Waals surface area contributed by atoms with Crippen molar-refractivity contribution in [3.63, 3.8) is 0 Å². The quantitative estimate of drug-likeness (QED) is 0.487. The summed E-state index contributed by atoms with van der Waals surface area (Å²) in [5, 5.41) is 22.1. The molecule has 2 rings (SSSR count). The molecule has 6 heteroatoms. The number of nitro benzene ring substituents is 1. The normalized spacial score (nSPS) is 23.2. The Hall–Kier alpha value is -1.66. The lowest BCUT2D eigenvalue weighted by molar-refractivity contribution is -1.02. The zero-order valence-electron chi connectivity index (χ0n) is 11.1. The number of nitrogens with zero attached hydrogens (tertiary/aromatic N) is 1. The van der Waals surface area contributed by atoms with Gasteiger partial charge in [0.2, 0.25) is 0 Å². The van der Waals surface area contributed by atoms with Crippen LogP contribution in [0.5, 0.6) is 5.75 Å². The molecular formula is C13H20N3O3+. The molecule has 1 fully saturated rings. The molecule has 0 radical (unpaired) electrons. The molecule has 0 spiro atoms. The number of quaternary nitrogens is 2. The second kappa shape index (κ2) is 5.99. The van der Waals surface area contributed by atoms with E-state index in [2.05, 4.69) is 6.92 Å². The van der Waals surface area contributed by atoms with Gasteiger partial charge in [0, 0.05) is 11.6 Å². The fourth-order valence-electron chi connectivity index (χ4n) is 2.59. The van der Waals surface area contributed by atoms with Crippen molar-refractivity contribution < 1.29 is 19.8 Å². The van der Waals surface area contributed by atoms with Crippen molar-refractivity contribution >= 4 is 5.69 Å². The van der Waals surface area contributed by atoms with E-state index in [0.717, 1.165) is 44.8 Å². The predicted molar refractivity (Wildman–Crippen MR) is 68.2 cm³/mol. The monoisotopic (exact) mass is 266 g/mol. The van der Waals surface area contributed by atoms with Crippen LogP contribution < -0.4 is 14.9 Å². The number of benzene rings is 1. The Labute approximate surface area is 112 Å². The maximum atomic E-state index is 11.3. The number of piperazine rings is 1. The summed E-state index contributed by atoms with van der Waals surface area (Å²) in [4.78, 5) is 13.2. The van der Waals surface area contributed by atoms with E-state index in [0.29, 0.717) is 0 Å². The Morgan fingerprint density at radius 2 is 1.84 bits per heavy atom. The van der Waals surface area contributed by atoms with Crippen LogP contribution in [0.2, 0.25) is 0 Å². The molecule has 0 amide bonds. The zero-order chi connectivity index (χ0) is 13.8. The lowest BCUT2D eigenvalue weighted by atomic mass is 10.1. The van der Waals surface area contributed by atoms with Gasteiger partial charge in [-0.2, -0.15) is 0 Å². The fraction of sp³-hybridized carbons (Fsp3) is 0.538. The average Bonchev–Trinajstić information content (AvgIpc) is 2.41. The molecule has 0 bridgehead atoms. The molecule has 1 saturated heterocycles. The maximum absolute atomic E-state index is 11.3. The third-order valence-corrected chi connectivity index (χ3v) is 3.84. The minimum absolute atomic E-state index is 0.310. The number of nitrogens with one attached hydrogen (secondary N) is 2. The molecule has 1 aliphatic rings. The van der Waals surface area contributed by atoms with Crippen molar-refractivity contribution in [2.45, 2.75) is 13.5 Å². The third-order valence-electron chi connectivity index (χ3n) is 3.84. The Morgan fingerprint density at radius 1 is 1.21 bits per heavy atom. The van der Waals surface area contributed by atoms with E-state index in [1.807, 2.05) is 0 Å². The molecule has 0 unspecified atom stereocenters. The van der Waals surface area contributed by atoms with Gasteiger partial charge in [0.05, 0.1) is 11.5 Å². The first-order valence-electron chi connectivity index (χ1n) is 6.71. The summed E-state index contributed by atoms with van der Waals surface area (Å²) < 4.78 is 0. The fourth-order valence-corrected chi connectivity index (χ4v) is 2.59. The number of nitro groups is 1. The van der Waals surface area contributed by atoms with Crippen LogP contribution in [0.25, 0.3) is 0 Å². The lowest BCUT2D eigenvalue weighted by Crippen LogP contribution is -3.27. The summed E-state index contributed by atoms with van der Waals surface area (Å²) in [6, 6.07) is 4.44. The number of rotatable bonds is 4. The molecule has 0 saturated carbocycles. The minimum Gasteiger partial charge on any atom is -0.868 e. The van der Waals surface area contributed by atoms with E-state index in [1.165, 1.54) is 17.0 Å². The molecule has 1 heterocycles. The first-order chi connectivity index (χ1) is 9.10. The van der Waals surface area contributed by atoms with Crippen LogP contribution in [0.1, 0.15) is 12.5 Å². The van der Waals surface area contributed by atoms with E-state index in [-0.39, 0.29) is 5.69 Å². The van der Waals surface area contributed by atoms with Gasteiger partial charge >= 0.3 is 0 Å². The Morgan fingerprint density at radius 3 is 2.42 bits per heavy atom. The van der Waals surface area contributed by atoms with E-state index in [4.69, 9.17) is 0 Å². The smallest absolute Gasteiger partial charge is 0.262 e. The van der Waals surface area contributed by atoms with Gasteiger partial charge in [-0.15, -0.1) is 0 Å². The second-order valence-electron chi connectivity index (χ2n) is 5.09. The van der Waals surface area contributed by atoms with Gasteiger partial charge < -0.3 is 14.9 Å². The van der Waals surface area contributed by atoms with Crippen LogP contribution >= 0.6 is 0 Å². The van der Waals surface area contributed by atoms with Gasteiger partial charge in [0.25, 0.3) is 5.69 Å². The topological polar surface area (TPSA) is 75.1 Å². The first kappa shape index (κ1) is 13.8. The summed E-state index contributed by atoms with van der Waals surface area (Å²) in [5.74, 6) is -0.510. The van der Waals surface area contributed by atoms with Crippen LogP contribution in [-0.4, -0.2) is 37.6 Å². The van der Waals surface area contributed by atoms with Crippen molar-refractivity contribution in [2.24, 2.45) is 0 Å². The Balaban J connectivity index is 2.00. The van der Waals surface area contributed by atoms with Crippen molar-refractivity contribution in [3.05, 3.63) is 33.9 Å². The van der Waals surface area contributed by atoms with Crippen LogP contribution in [0.4, 0.5) is 5.69 Å². The molecule has 0 atom stereocenters. The molecular weight excluding hydrogens is 246 g/mol. The summed E-state index contributed by atoms with van der Waals surface area (Å²) in [6.45, 7) is 8.56.